The monoisotopic (exact) mass is 295 g/mol. The fraction of sp³-hybridized carbons (Fsp3) is 0.263. The molecule has 3 heteroatoms. The lowest BCUT2D eigenvalue weighted by molar-refractivity contribution is 0.354. The number of nitrogens with one attached hydrogen (secondary N) is 1. The first kappa shape index (κ1) is 14.5. The van der Waals surface area contributed by atoms with Crippen molar-refractivity contribution in [3.63, 3.8) is 0 Å². The number of hydrogen-bond acceptors (Lipinski definition) is 3. The molecule has 0 aromatic heterocycles. The average molecular weight is 295 g/mol. The first-order valence-electron chi connectivity index (χ1n) is 7.43. The van der Waals surface area contributed by atoms with Gasteiger partial charge in [-0.3, -0.25) is 0 Å². The van der Waals surface area contributed by atoms with Crippen molar-refractivity contribution in [1.29, 1.82) is 0 Å². The van der Waals surface area contributed by atoms with Crippen LogP contribution in [0.2, 0.25) is 0 Å². The Morgan fingerprint density at radius 3 is 2.23 bits per heavy atom. The minimum Gasteiger partial charge on any atom is -0.493 e. The molecule has 1 aliphatic rings. The summed E-state index contributed by atoms with van der Waals surface area (Å²) in [5.74, 6) is 1.52. The molecule has 0 spiro atoms. The molecule has 114 valence electrons. The smallest absolute Gasteiger partial charge is 0.161 e. The zero-order valence-electron chi connectivity index (χ0n) is 13.4. The molecule has 22 heavy (non-hydrogen) atoms. The Bertz CT molecular complexity index is 717. The third-order valence-electron chi connectivity index (χ3n) is 4.09. The Hall–Kier alpha value is -2.42. The molecule has 0 bridgehead atoms. The van der Waals surface area contributed by atoms with Crippen molar-refractivity contribution in [2.24, 2.45) is 0 Å². The SMILES string of the molecule is COc1cc2c(cc1OC)C(C)NC(c1ccc(C)cc1)=C2. The lowest BCUT2D eigenvalue weighted by Gasteiger charge is -2.26. The molecular weight excluding hydrogens is 274 g/mol. The van der Waals surface area contributed by atoms with E-state index in [4.69, 9.17) is 9.47 Å². The fourth-order valence-electron chi connectivity index (χ4n) is 2.82. The van der Waals surface area contributed by atoms with Crippen LogP contribution >= 0.6 is 0 Å². The highest BCUT2D eigenvalue weighted by atomic mass is 16.5. The van der Waals surface area contributed by atoms with Gasteiger partial charge in [0.25, 0.3) is 0 Å². The van der Waals surface area contributed by atoms with Gasteiger partial charge in [0.2, 0.25) is 0 Å². The average Bonchev–Trinajstić information content (AvgIpc) is 2.54. The molecule has 0 amide bonds. The Morgan fingerprint density at radius 2 is 1.59 bits per heavy atom. The molecule has 0 fully saturated rings. The quantitative estimate of drug-likeness (QED) is 0.921. The summed E-state index contributed by atoms with van der Waals surface area (Å²) in [7, 11) is 3.33. The highest BCUT2D eigenvalue weighted by Gasteiger charge is 2.20. The molecule has 3 rings (SSSR count). The van der Waals surface area contributed by atoms with E-state index in [-0.39, 0.29) is 6.04 Å². The number of methoxy groups -OCH3 is 2. The minimum absolute atomic E-state index is 0.219. The van der Waals surface area contributed by atoms with Crippen molar-refractivity contribution in [2.75, 3.05) is 14.2 Å². The number of aryl methyl sites for hydroxylation is 1. The zero-order valence-corrected chi connectivity index (χ0v) is 13.4. The molecule has 0 saturated heterocycles. The largest absolute Gasteiger partial charge is 0.493 e. The lowest BCUT2D eigenvalue weighted by Crippen LogP contribution is -2.21. The molecule has 1 heterocycles. The first-order valence-corrected chi connectivity index (χ1v) is 7.43. The van der Waals surface area contributed by atoms with E-state index >= 15 is 0 Å². The van der Waals surface area contributed by atoms with Crippen molar-refractivity contribution in [3.05, 3.63) is 58.7 Å². The number of rotatable bonds is 3. The van der Waals surface area contributed by atoms with Gasteiger partial charge in [0.15, 0.2) is 11.5 Å². The van der Waals surface area contributed by atoms with Crippen LogP contribution in [-0.4, -0.2) is 14.2 Å². The molecule has 0 aliphatic carbocycles. The van der Waals surface area contributed by atoms with Gasteiger partial charge in [0, 0.05) is 11.7 Å². The highest BCUT2D eigenvalue weighted by Crippen LogP contribution is 2.37. The predicted molar refractivity (Wildman–Crippen MR) is 90.1 cm³/mol. The summed E-state index contributed by atoms with van der Waals surface area (Å²) in [6.45, 7) is 4.26. The number of hydrogen-bond donors (Lipinski definition) is 1. The second kappa shape index (κ2) is 5.76. The van der Waals surface area contributed by atoms with Crippen LogP contribution in [-0.2, 0) is 0 Å². The maximum Gasteiger partial charge on any atom is 0.161 e. The van der Waals surface area contributed by atoms with E-state index in [1.165, 1.54) is 22.3 Å². The summed E-state index contributed by atoms with van der Waals surface area (Å²) in [6, 6.07) is 12.9. The standard InChI is InChI=1S/C19H21NO2/c1-12-5-7-14(8-6-12)17-9-15-10-18(21-3)19(22-4)11-16(15)13(2)20-17/h5-11,13,20H,1-4H3. The van der Waals surface area contributed by atoms with Gasteiger partial charge in [-0.05, 0) is 48.7 Å². The van der Waals surface area contributed by atoms with Crippen LogP contribution in [0.15, 0.2) is 36.4 Å². The van der Waals surface area contributed by atoms with Crippen LogP contribution in [0.3, 0.4) is 0 Å². The van der Waals surface area contributed by atoms with Crippen molar-refractivity contribution in [3.8, 4) is 11.5 Å². The minimum atomic E-state index is 0.219. The Balaban J connectivity index is 2.08. The van der Waals surface area contributed by atoms with Crippen LogP contribution < -0.4 is 14.8 Å². The van der Waals surface area contributed by atoms with Gasteiger partial charge < -0.3 is 14.8 Å². The normalized spacial score (nSPS) is 16.4. The summed E-state index contributed by atoms with van der Waals surface area (Å²) < 4.78 is 10.8. The summed E-state index contributed by atoms with van der Waals surface area (Å²) in [6.07, 6.45) is 2.17. The molecule has 1 N–H and O–H groups in total. The van der Waals surface area contributed by atoms with Crippen molar-refractivity contribution < 1.29 is 9.47 Å². The molecule has 0 radical (unpaired) electrons. The zero-order chi connectivity index (χ0) is 15.7. The van der Waals surface area contributed by atoms with Crippen LogP contribution in [0, 0.1) is 6.92 Å². The maximum absolute atomic E-state index is 5.42. The van der Waals surface area contributed by atoms with Gasteiger partial charge in [-0.25, -0.2) is 0 Å². The van der Waals surface area contributed by atoms with Gasteiger partial charge in [-0.1, -0.05) is 29.8 Å². The molecule has 0 saturated carbocycles. The Labute approximate surface area is 131 Å². The van der Waals surface area contributed by atoms with E-state index in [2.05, 4.69) is 49.5 Å². The predicted octanol–water partition coefficient (Wildman–Crippen LogP) is 4.17. The van der Waals surface area contributed by atoms with E-state index in [1.54, 1.807) is 14.2 Å². The van der Waals surface area contributed by atoms with Gasteiger partial charge in [0.1, 0.15) is 0 Å². The Morgan fingerprint density at radius 1 is 0.955 bits per heavy atom. The Kier molecular flexibility index (Phi) is 3.80. The second-order valence-corrected chi connectivity index (χ2v) is 5.63. The van der Waals surface area contributed by atoms with Crippen molar-refractivity contribution >= 4 is 11.8 Å². The topological polar surface area (TPSA) is 30.5 Å². The van der Waals surface area contributed by atoms with Crippen LogP contribution in [0.1, 0.15) is 35.2 Å². The summed E-state index contributed by atoms with van der Waals surface area (Å²) in [5.41, 5.74) is 5.97. The number of benzene rings is 2. The van der Waals surface area contributed by atoms with E-state index in [0.717, 1.165) is 17.2 Å². The number of ether oxygens (including phenoxy) is 2. The molecule has 1 unspecified atom stereocenters. The first-order chi connectivity index (χ1) is 10.6. The third kappa shape index (κ3) is 2.54. The maximum atomic E-state index is 5.42. The molecule has 3 nitrogen and oxygen atoms in total. The van der Waals surface area contributed by atoms with Gasteiger partial charge in [-0.2, -0.15) is 0 Å². The van der Waals surface area contributed by atoms with E-state index in [1.807, 2.05) is 12.1 Å². The lowest BCUT2D eigenvalue weighted by atomic mass is 9.94. The molecule has 1 aliphatic heterocycles. The third-order valence-corrected chi connectivity index (χ3v) is 4.09. The fourth-order valence-corrected chi connectivity index (χ4v) is 2.82. The second-order valence-electron chi connectivity index (χ2n) is 5.63. The summed E-state index contributed by atoms with van der Waals surface area (Å²) in [5, 5.41) is 3.56. The number of fused-ring (bicyclic) bond motifs is 1. The summed E-state index contributed by atoms with van der Waals surface area (Å²) in [4.78, 5) is 0. The van der Waals surface area contributed by atoms with Crippen LogP contribution in [0.5, 0.6) is 11.5 Å². The molecular formula is C19H21NO2. The molecule has 2 aromatic carbocycles. The van der Waals surface area contributed by atoms with Crippen molar-refractivity contribution in [1.82, 2.24) is 5.32 Å². The highest BCUT2D eigenvalue weighted by molar-refractivity contribution is 5.84. The van der Waals surface area contributed by atoms with Crippen molar-refractivity contribution in [2.45, 2.75) is 19.9 Å². The molecule has 1 atom stereocenters. The van der Waals surface area contributed by atoms with Gasteiger partial charge in [0.05, 0.1) is 14.2 Å². The van der Waals surface area contributed by atoms with Crippen LogP contribution in [0.25, 0.3) is 11.8 Å². The van der Waals surface area contributed by atoms with E-state index in [0.29, 0.717) is 0 Å². The van der Waals surface area contributed by atoms with Gasteiger partial charge >= 0.3 is 0 Å². The summed E-state index contributed by atoms with van der Waals surface area (Å²) >= 11 is 0. The van der Waals surface area contributed by atoms with Gasteiger partial charge in [-0.15, -0.1) is 0 Å². The van der Waals surface area contributed by atoms with E-state index < -0.39 is 0 Å². The van der Waals surface area contributed by atoms with Crippen LogP contribution in [0.4, 0.5) is 0 Å². The molecule has 2 aromatic rings. The van der Waals surface area contributed by atoms with E-state index in [9.17, 15) is 0 Å².